The summed E-state index contributed by atoms with van der Waals surface area (Å²) in [6.07, 6.45) is 0.808. The molecule has 2 aliphatic heterocycles. The molecule has 1 N–H and O–H groups in total. The SMILES string of the molecule is O=S1(=O)CCCN(CC2CNC2)CC1. The molecule has 2 aliphatic rings. The minimum Gasteiger partial charge on any atom is -0.316 e. The van der Waals surface area contributed by atoms with Gasteiger partial charge in [0.2, 0.25) is 0 Å². The number of sulfone groups is 1. The third-order valence-corrected chi connectivity index (χ3v) is 4.75. The quantitative estimate of drug-likeness (QED) is 0.667. The highest BCUT2D eigenvalue weighted by atomic mass is 32.2. The van der Waals surface area contributed by atoms with E-state index in [9.17, 15) is 8.42 Å². The molecule has 0 unspecified atom stereocenters. The second-order valence-corrected chi connectivity index (χ2v) is 6.63. The molecule has 2 rings (SSSR count). The fourth-order valence-corrected chi connectivity index (χ4v) is 3.32. The van der Waals surface area contributed by atoms with Crippen LogP contribution in [0.1, 0.15) is 6.42 Å². The van der Waals surface area contributed by atoms with Gasteiger partial charge in [-0.25, -0.2) is 8.42 Å². The average molecular weight is 218 g/mol. The minimum atomic E-state index is -2.73. The van der Waals surface area contributed by atoms with Crippen molar-refractivity contribution in [2.24, 2.45) is 5.92 Å². The molecule has 2 fully saturated rings. The van der Waals surface area contributed by atoms with E-state index < -0.39 is 9.84 Å². The van der Waals surface area contributed by atoms with Gasteiger partial charge in [-0.2, -0.15) is 0 Å². The van der Waals surface area contributed by atoms with Crippen LogP contribution in [0, 0.1) is 5.92 Å². The Bertz CT molecular complexity index is 285. The first-order valence-corrected chi connectivity index (χ1v) is 7.11. The van der Waals surface area contributed by atoms with Crippen molar-refractivity contribution in [3.8, 4) is 0 Å². The monoisotopic (exact) mass is 218 g/mol. The Hall–Kier alpha value is -0.130. The summed E-state index contributed by atoms with van der Waals surface area (Å²) in [6, 6.07) is 0. The molecule has 0 aliphatic carbocycles. The smallest absolute Gasteiger partial charge is 0.151 e. The lowest BCUT2D eigenvalue weighted by Crippen LogP contribution is -2.48. The molecule has 82 valence electrons. The topological polar surface area (TPSA) is 49.4 Å². The van der Waals surface area contributed by atoms with Crippen molar-refractivity contribution in [3.63, 3.8) is 0 Å². The minimum absolute atomic E-state index is 0.354. The zero-order valence-corrected chi connectivity index (χ0v) is 9.22. The number of hydrogen-bond donors (Lipinski definition) is 1. The van der Waals surface area contributed by atoms with Crippen LogP contribution < -0.4 is 5.32 Å². The van der Waals surface area contributed by atoms with Gasteiger partial charge in [0.1, 0.15) is 0 Å². The Labute approximate surface area is 85.6 Å². The molecule has 0 bridgehead atoms. The van der Waals surface area contributed by atoms with Crippen LogP contribution in [0.3, 0.4) is 0 Å². The number of nitrogens with one attached hydrogen (secondary N) is 1. The van der Waals surface area contributed by atoms with Crippen LogP contribution in [0.5, 0.6) is 0 Å². The first kappa shape index (κ1) is 10.4. The van der Waals surface area contributed by atoms with E-state index >= 15 is 0 Å². The summed E-state index contributed by atoms with van der Waals surface area (Å²) in [5, 5.41) is 3.24. The average Bonchev–Trinajstić information content (AvgIpc) is 2.20. The van der Waals surface area contributed by atoms with Crippen LogP contribution in [0.15, 0.2) is 0 Å². The second-order valence-electron chi connectivity index (χ2n) is 4.33. The first-order valence-electron chi connectivity index (χ1n) is 5.29. The van der Waals surface area contributed by atoms with Gasteiger partial charge in [0.15, 0.2) is 9.84 Å². The molecule has 0 aromatic rings. The maximum absolute atomic E-state index is 11.3. The molecule has 2 heterocycles. The molecule has 0 spiro atoms. The number of nitrogens with zero attached hydrogens (tertiary/aromatic N) is 1. The summed E-state index contributed by atoms with van der Waals surface area (Å²) in [7, 11) is -2.73. The van der Waals surface area contributed by atoms with Gasteiger partial charge in [-0.1, -0.05) is 0 Å². The van der Waals surface area contributed by atoms with Crippen LogP contribution in [0.25, 0.3) is 0 Å². The Balaban J connectivity index is 1.82. The highest BCUT2D eigenvalue weighted by Crippen LogP contribution is 2.10. The molecular formula is C9H18N2O2S. The highest BCUT2D eigenvalue weighted by Gasteiger charge is 2.23. The third-order valence-electron chi connectivity index (χ3n) is 3.03. The molecule has 14 heavy (non-hydrogen) atoms. The molecule has 2 saturated heterocycles. The number of hydrogen-bond acceptors (Lipinski definition) is 4. The van der Waals surface area contributed by atoms with E-state index in [1.807, 2.05) is 0 Å². The Kier molecular flexibility index (Phi) is 3.09. The van der Waals surface area contributed by atoms with Crippen molar-refractivity contribution in [2.45, 2.75) is 6.42 Å². The van der Waals surface area contributed by atoms with Crippen molar-refractivity contribution in [1.82, 2.24) is 10.2 Å². The van der Waals surface area contributed by atoms with Crippen LogP contribution in [-0.2, 0) is 9.84 Å². The van der Waals surface area contributed by atoms with E-state index in [2.05, 4.69) is 10.2 Å². The van der Waals surface area contributed by atoms with E-state index in [1.165, 1.54) is 0 Å². The zero-order valence-electron chi connectivity index (χ0n) is 8.41. The highest BCUT2D eigenvalue weighted by molar-refractivity contribution is 7.91. The lowest BCUT2D eigenvalue weighted by Gasteiger charge is -2.32. The second kappa shape index (κ2) is 4.16. The van der Waals surface area contributed by atoms with Crippen molar-refractivity contribution >= 4 is 9.84 Å². The summed E-state index contributed by atoms with van der Waals surface area (Å²) in [5.41, 5.74) is 0. The Morgan fingerprint density at radius 2 is 2.00 bits per heavy atom. The predicted octanol–water partition coefficient (Wildman–Crippen LogP) is -0.674. The fourth-order valence-electron chi connectivity index (χ4n) is 2.02. The largest absolute Gasteiger partial charge is 0.316 e. The van der Waals surface area contributed by atoms with Crippen LogP contribution >= 0.6 is 0 Å². The zero-order chi connectivity index (χ0) is 10.0. The summed E-state index contributed by atoms with van der Waals surface area (Å²) in [6.45, 7) is 4.96. The van der Waals surface area contributed by atoms with Gasteiger partial charge in [-0.05, 0) is 18.9 Å². The predicted molar refractivity (Wildman–Crippen MR) is 56.1 cm³/mol. The summed E-state index contributed by atoms with van der Waals surface area (Å²) >= 11 is 0. The van der Waals surface area contributed by atoms with Crippen LogP contribution in [-0.4, -0.2) is 57.5 Å². The third kappa shape index (κ3) is 2.68. The standard InChI is InChI=1S/C9H18N2O2S/c12-14(13)4-1-2-11(3-5-14)8-9-6-10-7-9/h9-10H,1-8H2. The molecule has 0 atom stereocenters. The van der Waals surface area contributed by atoms with Gasteiger partial charge >= 0.3 is 0 Å². The van der Waals surface area contributed by atoms with Gasteiger partial charge in [-0.3, -0.25) is 0 Å². The van der Waals surface area contributed by atoms with E-state index in [0.29, 0.717) is 11.5 Å². The molecule has 0 aromatic carbocycles. The van der Waals surface area contributed by atoms with Gasteiger partial charge in [-0.15, -0.1) is 0 Å². The Morgan fingerprint density at radius 1 is 1.21 bits per heavy atom. The van der Waals surface area contributed by atoms with E-state index in [-0.39, 0.29) is 0 Å². The Morgan fingerprint density at radius 3 is 2.64 bits per heavy atom. The van der Waals surface area contributed by atoms with Crippen molar-refractivity contribution in [2.75, 3.05) is 44.2 Å². The normalized spacial score (nSPS) is 29.4. The van der Waals surface area contributed by atoms with E-state index in [0.717, 1.165) is 45.1 Å². The van der Waals surface area contributed by atoms with Gasteiger partial charge in [0.05, 0.1) is 11.5 Å². The van der Waals surface area contributed by atoms with Gasteiger partial charge in [0.25, 0.3) is 0 Å². The molecule has 0 aromatic heterocycles. The molecule has 0 saturated carbocycles. The lowest BCUT2D eigenvalue weighted by atomic mass is 10.0. The van der Waals surface area contributed by atoms with Crippen LogP contribution in [0.4, 0.5) is 0 Å². The molecule has 0 amide bonds. The molecular weight excluding hydrogens is 200 g/mol. The summed E-state index contributed by atoms with van der Waals surface area (Å²) in [4.78, 5) is 2.30. The first-order chi connectivity index (χ1) is 6.66. The lowest BCUT2D eigenvalue weighted by molar-refractivity contribution is 0.203. The molecule has 4 nitrogen and oxygen atoms in total. The van der Waals surface area contributed by atoms with Gasteiger partial charge < -0.3 is 10.2 Å². The fraction of sp³-hybridized carbons (Fsp3) is 1.00. The van der Waals surface area contributed by atoms with Crippen molar-refractivity contribution < 1.29 is 8.42 Å². The maximum Gasteiger partial charge on any atom is 0.151 e. The van der Waals surface area contributed by atoms with E-state index in [1.54, 1.807) is 0 Å². The molecule has 5 heteroatoms. The molecule has 0 radical (unpaired) electrons. The summed E-state index contributed by atoms with van der Waals surface area (Å²) < 4.78 is 22.7. The maximum atomic E-state index is 11.3. The summed E-state index contributed by atoms with van der Waals surface area (Å²) in [5.74, 6) is 1.48. The number of rotatable bonds is 2. The van der Waals surface area contributed by atoms with Crippen molar-refractivity contribution in [1.29, 1.82) is 0 Å². The van der Waals surface area contributed by atoms with Gasteiger partial charge in [0, 0.05) is 26.2 Å². The van der Waals surface area contributed by atoms with E-state index in [4.69, 9.17) is 0 Å². The van der Waals surface area contributed by atoms with Crippen molar-refractivity contribution in [3.05, 3.63) is 0 Å². The van der Waals surface area contributed by atoms with Crippen LogP contribution in [0.2, 0.25) is 0 Å².